The highest BCUT2D eigenvalue weighted by Crippen LogP contribution is 2.24. The molecule has 138 valence electrons. The number of fused-ring (bicyclic) bond motifs is 4. The lowest BCUT2D eigenvalue weighted by Crippen LogP contribution is -1.78. The zero-order valence-corrected chi connectivity index (χ0v) is 15.6. The van der Waals surface area contributed by atoms with Crippen molar-refractivity contribution in [2.75, 3.05) is 0 Å². The molecule has 0 spiro atoms. The van der Waals surface area contributed by atoms with Crippen molar-refractivity contribution < 1.29 is 9.90 Å². The first-order chi connectivity index (χ1) is 13.6. The first-order valence-electron chi connectivity index (χ1n) is 9.01. The summed E-state index contributed by atoms with van der Waals surface area (Å²) in [5.74, 6) is -0.833. The van der Waals surface area contributed by atoms with Crippen LogP contribution in [0.1, 0.15) is 6.92 Å². The fourth-order valence-electron chi connectivity index (χ4n) is 2.97. The molecule has 0 saturated heterocycles. The van der Waals surface area contributed by atoms with Gasteiger partial charge < -0.3 is 5.11 Å². The Morgan fingerprint density at radius 3 is 1.61 bits per heavy atom. The van der Waals surface area contributed by atoms with Crippen molar-refractivity contribution in [3.05, 3.63) is 103 Å². The first-order valence-corrected chi connectivity index (χ1v) is 9.01. The summed E-state index contributed by atoms with van der Waals surface area (Å²) in [7, 11) is 0. The van der Waals surface area contributed by atoms with E-state index in [-0.39, 0.29) is 0 Å². The summed E-state index contributed by atoms with van der Waals surface area (Å²) in [4.78, 5) is 13.2. The number of hydrogen-bond acceptors (Lipinski definition) is 2. The van der Waals surface area contributed by atoms with E-state index < -0.39 is 5.97 Å². The van der Waals surface area contributed by atoms with E-state index in [1.54, 1.807) is 0 Å². The lowest BCUT2D eigenvalue weighted by atomic mass is 10.0. The van der Waals surface area contributed by atoms with Crippen molar-refractivity contribution in [1.82, 2.24) is 4.98 Å². The Kier molecular flexibility index (Phi) is 6.32. The van der Waals surface area contributed by atoms with Gasteiger partial charge in [0.05, 0.1) is 5.52 Å². The molecule has 5 aromatic rings. The number of nitrogens with zero attached hydrogens (tertiary/aromatic N) is 1. The van der Waals surface area contributed by atoms with Crippen molar-refractivity contribution in [1.29, 1.82) is 0 Å². The average Bonchev–Trinajstić information content (AvgIpc) is 2.74. The summed E-state index contributed by atoms with van der Waals surface area (Å²) in [6.07, 6.45) is 1.81. The van der Waals surface area contributed by atoms with Gasteiger partial charge in [0.2, 0.25) is 0 Å². The molecule has 0 atom stereocenters. The van der Waals surface area contributed by atoms with Gasteiger partial charge in [-0.25, -0.2) is 0 Å². The van der Waals surface area contributed by atoms with E-state index in [1.165, 1.54) is 26.9 Å². The fraction of sp³-hybridized carbons (Fsp3) is 0.0400. The second-order valence-electron chi connectivity index (χ2n) is 6.22. The number of pyridine rings is 1. The van der Waals surface area contributed by atoms with Crippen molar-refractivity contribution in [2.24, 2.45) is 0 Å². The molecule has 1 N–H and O–H groups in total. The van der Waals surface area contributed by atoms with E-state index in [4.69, 9.17) is 9.90 Å². The Hall–Kier alpha value is -3.72. The highest BCUT2D eigenvalue weighted by atomic mass is 16.4. The third-order valence-electron chi connectivity index (χ3n) is 4.17. The molecule has 0 bridgehead atoms. The normalized spacial score (nSPS) is 9.89. The molecule has 3 heteroatoms. The molecule has 1 heterocycles. The smallest absolute Gasteiger partial charge is 0.300 e. The van der Waals surface area contributed by atoms with Crippen LogP contribution >= 0.6 is 0 Å². The van der Waals surface area contributed by atoms with Gasteiger partial charge in [-0.05, 0) is 33.7 Å². The Morgan fingerprint density at radius 2 is 1.07 bits per heavy atom. The SMILES string of the molecule is CC(=O)O.c1ccc2c(c1)ccc1ccccc12.c1ccc2ncccc2c1. The predicted molar refractivity (Wildman–Crippen MR) is 117 cm³/mol. The fourth-order valence-corrected chi connectivity index (χ4v) is 2.97. The van der Waals surface area contributed by atoms with E-state index in [1.807, 2.05) is 30.5 Å². The van der Waals surface area contributed by atoms with Gasteiger partial charge in [-0.2, -0.15) is 0 Å². The average molecular weight is 367 g/mol. The molecule has 5 rings (SSSR count). The van der Waals surface area contributed by atoms with Crippen LogP contribution in [0.25, 0.3) is 32.4 Å². The van der Waals surface area contributed by atoms with E-state index in [2.05, 4.69) is 77.8 Å². The van der Waals surface area contributed by atoms with Crippen LogP contribution < -0.4 is 0 Å². The van der Waals surface area contributed by atoms with Crippen molar-refractivity contribution in [3.8, 4) is 0 Å². The molecule has 0 unspecified atom stereocenters. The van der Waals surface area contributed by atoms with Gasteiger partial charge in [0.25, 0.3) is 5.97 Å². The predicted octanol–water partition coefficient (Wildman–Crippen LogP) is 6.32. The maximum atomic E-state index is 9.00. The van der Waals surface area contributed by atoms with Crippen molar-refractivity contribution in [2.45, 2.75) is 6.92 Å². The zero-order chi connectivity index (χ0) is 19.8. The minimum absolute atomic E-state index is 0.833. The number of aromatic nitrogens is 1. The summed E-state index contributed by atoms with van der Waals surface area (Å²) in [6, 6.07) is 33.5. The Morgan fingerprint density at radius 1 is 0.643 bits per heavy atom. The van der Waals surface area contributed by atoms with Gasteiger partial charge in [0.1, 0.15) is 0 Å². The largest absolute Gasteiger partial charge is 0.481 e. The molecule has 0 aliphatic rings. The number of benzene rings is 4. The van der Waals surface area contributed by atoms with Crippen LogP contribution in [-0.4, -0.2) is 16.1 Å². The third kappa shape index (κ3) is 4.92. The van der Waals surface area contributed by atoms with Crippen LogP contribution in [0.2, 0.25) is 0 Å². The van der Waals surface area contributed by atoms with E-state index in [9.17, 15) is 0 Å². The van der Waals surface area contributed by atoms with Gasteiger partial charge in [0.15, 0.2) is 0 Å². The minimum Gasteiger partial charge on any atom is -0.481 e. The van der Waals surface area contributed by atoms with E-state index in [0.717, 1.165) is 12.4 Å². The third-order valence-corrected chi connectivity index (χ3v) is 4.17. The summed E-state index contributed by atoms with van der Waals surface area (Å²) in [6.45, 7) is 1.08. The monoisotopic (exact) mass is 367 g/mol. The molecule has 4 aromatic carbocycles. The molecule has 28 heavy (non-hydrogen) atoms. The molecular formula is C25H21NO2. The Labute approximate surface area is 163 Å². The Bertz CT molecular complexity index is 1090. The van der Waals surface area contributed by atoms with Crippen molar-refractivity contribution >= 4 is 38.4 Å². The summed E-state index contributed by atoms with van der Waals surface area (Å²) >= 11 is 0. The summed E-state index contributed by atoms with van der Waals surface area (Å²) in [5.41, 5.74) is 1.06. The van der Waals surface area contributed by atoms with Gasteiger partial charge in [0, 0.05) is 18.5 Å². The highest BCUT2D eigenvalue weighted by Gasteiger charge is 1.97. The summed E-state index contributed by atoms with van der Waals surface area (Å²) < 4.78 is 0. The van der Waals surface area contributed by atoms with Crippen molar-refractivity contribution in [3.63, 3.8) is 0 Å². The van der Waals surface area contributed by atoms with Crippen LogP contribution in [0, 0.1) is 0 Å². The maximum Gasteiger partial charge on any atom is 0.300 e. The van der Waals surface area contributed by atoms with Crippen LogP contribution in [0.15, 0.2) is 103 Å². The second-order valence-corrected chi connectivity index (χ2v) is 6.22. The quantitative estimate of drug-likeness (QED) is 0.326. The molecule has 0 aliphatic carbocycles. The minimum atomic E-state index is -0.833. The van der Waals surface area contributed by atoms with E-state index >= 15 is 0 Å². The molecule has 0 radical (unpaired) electrons. The molecule has 3 nitrogen and oxygen atoms in total. The van der Waals surface area contributed by atoms with Crippen LogP contribution in [-0.2, 0) is 4.79 Å². The molecule has 0 amide bonds. The highest BCUT2D eigenvalue weighted by molar-refractivity contribution is 6.07. The lowest BCUT2D eigenvalue weighted by molar-refractivity contribution is -0.134. The second kappa shape index (κ2) is 9.28. The van der Waals surface area contributed by atoms with Crippen LogP contribution in [0.5, 0.6) is 0 Å². The molecule has 0 fully saturated rings. The number of carboxylic acid groups (broad SMARTS) is 1. The summed E-state index contributed by atoms with van der Waals surface area (Å²) in [5, 5.41) is 13.9. The van der Waals surface area contributed by atoms with Gasteiger partial charge >= 0.3 is 0 Å². The van der Waals surface area contributed by atoms with E-state index in [0.29, 0.717) is 0 Å². The number of carboxylic acids is 1. The number of aliphatic carboxylic acids is 1. The Balaban J connectivity index is 0.000000141. The van der Waals surface area contributed by atoms with Crippen LogP contribution in [0.4, 0.5) is 0 Å². The number of carbonyl (C=O) groups is 1. The molecule has 0 saturated carbocycles. The topological polar surface area (TPSA) is 50.2 Å². The molecule has 0 aliphatic heterocycles. The first kappa shape index (κ1) is 19.1. The van der Waals surface area contributed by atoms with Gasteiger partial charge in [-0.15, -0.1) is 0 Å². The van der Waals surface area contributed by atoms with Crippen LogP contribution in [0.3, 0.4) is 0 Å². The van der Waals surface area contributed by atoms with Gasteiger partial charge in [-0.3, -0.25) is 9.78 Å². The van der Waals surface area contributed by atoms with Gasteiger partial charge in [-0.1, -0.05) is 84.9 Å². The molecular weight excluding hydrogens is 346 g/mol. The number of rotatable bonds is 0. The number of para-hydroxylation sites is 1. The lowest BCUT2D eigenvalue weighted by Gasteiger charge is -2.02. The molecule has 1 aromatic heterocycles. The standard InChI is InChI=1S/C14H10.C9H7N.C2H4O2/c1-3-7-13-11(5-1)9-10-12-6-2-4-8-14(12)13;1-2-6-9-8(4-1)5-3-7-10-9;1-2(3)4/h1-10H;1-7H;1H3,(H,3,4). The number of hydrogen-bond donors (Lipinski definition) is 1. The zero-order valence-electron chi connectivity index (χ0n) is 15.6. The maximum absolute atomic E-state index is 9.00.